The molecule has 0 bridgehead atoms. The molecule has 0 fully saturated rings. The van der Waals surface area contributed by atoms with E-state index in [1.807, 2.05) is 0 Å². The number of hydrogen-bond donors (Lipinski definition) is 11. The lowest BCUT2D eigenvalue weighted by atomic mass is 10.0. The highest BCUT2D eigenvalue weighted by atomic mass is 16.4. The van der Waals surface area contributed by atoms with E-state index in [-0.39, 0.29) is 45.7 Å². The topological polar surface area (TPSA) is 240 Å². The maximum absolute atomic E-state index is 10.3. The van der Waals surface area contributed by atoms with Crippen LogP contribution in [0.1, 0.15) is 103 Å². The van der Waals surface area contributed by atoms with Crippen molar-refractivity contribution < 1.29 is 61.0 Å². The molecule has 0 rings (SSSR count). The average Bonchev–Trinajstić information content (AvgIpc) is 2.95. The second-order valence-corrected chi connectivity index (χ2v) is 9.32. The van der Waals surface area contributed by atoms with Crippen LogP contribution in [-0.2, 0) is 4.79 Å². The molecule has 0 radical (unpaired) electrons. The third-order valence-corrected chi connectivity index (χ3v) is 5.33. The molecular formula is C27H60O12. The van der Waals surface area contributed by atoms with Crippen LogP contribution in [0.25, 0.3) is 0 Å². The molecule has 0 saturated carbocycles. The number of carboxylic acids is 1. The summed E-state index contributed by atoms with van der Waals surface area (Å²) in [5.41, 5.74) is 0. The van der Waals surface area contributed by atoms with Gasteiger partial charge in [-0.1, -0.05) is 77.6 Å². The fraction of sp³-hybridized carbons (Fsp3) is 0.963. The first-order chi connectivity index (χ1) is 18.6. The van der Waals surface area contributed by atoms with Crippen LogP contribution in [0.2, 0.25) is 0 Å². The summed E-state index contributed by atoms with van der Waals surface area (Å²) in [6, 6.07) is 0. The van der Waals surface area contributed by atoms with E-state index in [9.17, 15) is 9.90 Å². The third kappa shape index (κ3) is 50.4. The van der Waals surface area contributed by atoms with E-state index < -0.39 is 24.3 Å². The number of rotatable bonds is 22. The fourth-order valence-corrected chi connectivity index (χ4v) is 2.84. The van der Waals surface area contributed by atoms with Crippen molar-refractivity contribution in [2.75, 3.05) is 39.6 Å². The zero-order chi connectivity index (χ0) is 30.7. The molecule has 0 amide bonds. The maximum Gasteiger partial charge on any atom is 0.303 e. The molecule has 39 heavy (non-hydrogen) atoms. The molecule has 11 N–H and O–H groups in total. The van der Waals surface area contributed by atoms with Crippen molar-refractivity contribution >= 4 is 5.97 Å². The first-order valence-electron chi connectivity index (χ1n) is 14.2. The first-order valence-corrected chi connectivity index (χ1v) is 14.2. The van der Waals surface area contributed by atoms with E-state index in [1.54, 1.807) is 0 Å². The van der Waals surface area contributed by atoms with Gasteiger partial charge in [-0.15, -0.1) is 0 Å². The van der Waals surface area contributed by atoms with Crippen LogP contribution in [0.4, 0.5) is 0 Å². The molecule has 0 saturated heterocycles. The number of unbranched alkanes of at least 4 members (excludes halogenated alkanes) is 10. The molecule has 0 heterocycles. The SMILES string of the molecule is CCCCCCC(O)CCCCCCCCCCC(=O)O.OCC(O)CO.OCC(O)CO.OCC(O)CO. The monoisotopic (exact) mass is 576 g/mol. The van der Waals surface area contributed by atoms with Crippen molar-refractivity contribution in [3.8, 4) is 0 Å². The van der Waals surface area contributed by atoms with Crippen LogP contribution in [0.15, 0.2) is 0 Å². The van der Waals surface area contributed by atoms with Gasteiger partial charge in [0, 0.05) is 6.42 Å². The molecule has 0 aromatic carbocycles. The molecule has 1 atom stereocenters. The lowest BCUT2D eigenvalue weighted by Gasteiger charge is -2.10. The number of carbonyl (C=O) groups is 1. The number of carboxylic acid groups (broad SMARTS) is 1. The van der Waals surface area contributed by atoms with Crippen molar-refractivity contribution in [3.05, 3.63) is 0 Å². The Morgan fingerprint density at radius 2 is 0.744 bits per heavy atom. The van der Waals surface area contributed by atoms with Gasteiger partial charge >= 0.3 is 5.97 Å². The zero-order valence-corrected chi connectivity index (χ0v) is 24.0. The van der Waals surface area contributed by atoms with Crippen LogP contribution in [-0.4, -0.2) is 126 Å². The number of aliphatic hydroxyl groups is 10. The Morgan fingerprint density at radius 1 is 0.462 bits per heavy atom. The Morgan fingerprint density at radius 3 is 1.00 bits per heavy atom. The molecule has 0 aromatic rings. The molecule has 1 unspecified atom stereocenters. The van der Waals surface area contributed by atoms with Gasteiger partial charge in [0.15, 0.2) is 0 Å². The van der Waals surface area contributed by atoms with Gasteiger partial charge in [0.1, 0.15) is 18.3 Å². The summed E-state index contributed by atoms with van der Waals surface area (Å²) in [6.07, 6.45) is 13.4. The molecule has 0 aromatic heterocycles. The Bertz CT molecular complexity index is 407. The summed E-state index contributed by atoms with van der Waals surface area (Å²) in [4.78, 5) is 10.3. The largest absolute Gasteiger partial charge is 0.481 e. The Hall–Kier alpha value is -0.930. The molecule has 0 aliphatic rings. The first kappa shape index (κ1) is 45.1. The number of hydrogen-bond acceptors (Lipinski definition) is 11. The van der Waals surface area contributed by atoms with Crippen LogP contribution in [0, 0.1) is 0 Å². The van der Waals surface area contributed by atoms with Crippen LogP contribution in [0.5, 0.6) is 0 Å². The van der Waals surface area contributed by atoms with Crippen molar-refractivity contribution in [1.82, 2.24) is 0 Å². The standard InChI is InChI=1S/C18H36O3.3C3H8O3/c1-2-3-4-11-14-17(19)15-12-9-7-5-6-8-10-13-16-18(20)21;3*4-1-3(6)2-5/h17,19H,2-16H2,1H3,(H,20,21);3*3-6H,1-2H2. The molecule has 0 aliphatic heterocycles. The summed E-state index contributed by atoms with van der Waals surface area (Å²) in [7, 11) is 0. The second kappa shape index (κ2) is 39.2. The van der Waals surface area contributed by atoms with Crippen LogP contribution in [0.3, 0.4) is 0 Å². The number of aliphatic carboxylic acids is 1. The maximum atomic E-state index is 10.3. The normalized spacial score (nSPS) is 11.3. The molecule has 12 nitrogen and oxygen atoms in total. The van der Waals surface area contributed by atoms with Crippen molar-refractivity contribution in [1.29, 1.82) is 0 Å². The minimum atomic E-state index is -0.954. The lowest BCUT2D eigenvalue weighted by molar-refractivity contribution is -0.137. The van der Waals surface area contributed by atoms with Gasteiger partial charge in [-0.05, 0) is 19.3 Å². The summed E-state index contributed by atoms with van der Waals surface area (Å²) in [5.74, 6) is -0.678. The van der Waals surface area contributed by atoms with E-state index in [1.165, 1.54) is 51.4 Å². The van der Waals surface area contributed by atoms with Gasteiger partial charge < -0.3 is 56.2 Å². The van der Waals surface area contributed by atoms with Gasteiger partial charge in [-0.25, -0.2) is 0 Å². The predicted octanol–water partition coefficient (Wildman–Crippen LogP) is 0.299. The summed E-state index contributed by atoms with van der Waals surface area (Å²) >= 11 is 0. The van der Waals surface area contributed by atoms with Gasteiger partial charge in [0.25, 0.3) is 0 Å². The summed E-state index contributed by atoms with van der Waals surface area (Å²) in [5, 5.41) is 90.4. The lowest BCUT2D eigenvalue weighted by Crippen LogP contribution is -2.15. The van der Waals surface area contributed by atoms with Crippen molar-refractivity contribution in [2.45, 2.75) is 128 Å². The summed E-state index contributed by atoms with van der Waals surface area (Å²) < 4.78 is 0. The molecular weight excluding hydrogens is 516 g/mol. The third-order valence-electron chi connectivity index (χ3n) is 5.33. The number of aliphatic hydroxyl groups excluding tert-OH is 10. The van der Waals surface area contributed by atoms with Gasteiger partial charge in [0.2, 0.25) is 0 Å². The van der Waals surface area contributed by atoms with Gasteiger partial charge in [-0.3, -0.25) is 4.79 Å². The van der Waals surface area contributed by atoms with Gasteiger partial charge in [0.05, 0.1) is 45.7 Å². The van der Waals surface area contributed by atoms with E-state index in [4.69, 9.17) is 51.1 Å². The van der Waals surface area contributed by atoms with Crippen molar-refractivity contribution in [3.63, 3.8) is 0 Å². The van der Waals surface area contributed by atoms with Crippen LogP contribution >= 0.6 is 0 Å². The second-order valence-electron chi connectivity index (χ2n) is 9.32. The zero-order valence-electron chi connectivity index (χ0n) is 24.0. The summed E-state index contributed by atoms with van der Waals surface area (Å²) in [6.45, 7) is 0.0234. The minimum Gasteiger partial charge on any atom is -0.481 e. The molecule has 12 heteroatoms. The minimum absolute atomic E-state index is 0.0853. The smallest absolute Gasteiger partial charge is 0.303 e. The molecule has 240 valence electrons. The predicted molar refractivity (Wildman–Crippen MR) is 149 cm³/mol. The highest BCUT2D eigenvalue weighted by molar-refractivity contribution is 5.66. The van der Waals surface area contributed by atoms with Crippen LogP contribution < -0.4 is 0 Å². The van der Waals surface area contributed by atoms with Crippen molar-refractivity contribution in [2.24, 2.45) is 0 Å². The molecule has 0 spiro atoms. The Kier molecular flexibility index (Phi) is 45.3. The fourth-order valence-electron chi connectivity index (χ4n) is 2.84. The van der Waals surface area contributed by atoms with Gasteiger partial charge in [-0.2, -0.15) is 0 Å². The van der Waals surface area contributed by atoms with E-state index in [0.29, 0.717) is 6.42 Å². The highest BCUT2D eigenvalue weighted by Gasteiger charge is 2.03. The Labute approximate surface area is 234 Å². The van der Waals surface area contributed by atoms with E-state index >= 15 is 0 Å². The van der Waals surface area contributed by atoms with E-state index in [0.717, 1.165) is 38.5 Å². The molecule has 0 aliphatic carbocycles. The average molecular weight is 577 g/mol. The Balaban J connectivity index is -0.000000274. The highest BCUT2D eigenvalue weighted by Crippen LogP contribution is 2.14. The van der Waals surface area contributed by atoms with E-state index in [2.05, 4.69) is 6.92 Å². The quantitative estimate of drug-likeness (QED) is 0.0780.